The van der Waals surface area contributed by atoms with Crippen molar-refractivity contribution in [1.29, 1.82) is 0 Å². The van der Waals surface area contributed by atoms with Crippen LogP contribution in [-0.4, -0.2) is 39.8 Å². The van der Waals surface area contributed by atoms with E-state index in [0.717, 1.165) is 29.6 Å². The Bertz CT molecular complexity index is 1310. The number of carbonyl (C=O) groups excluding carboxylic acids is 1. The van der Waals surface area contributed by atoms with Crippen molar-refractivity contribution in [1.82, 2.24) is 14.5 Å². The fourth-order valence-electron chi connectivity index (χ4n) is 4.01. The van der Waals surface area contributed by atoms with Crippen LogP contribution in [0.25, 0.3) is 27.9 Å². The number of hydrogen-bond acceptors (Lipinski definition) is 6. The minimum atomic E-state index is -0.509. The van der Waals surface area contributed by atoms with Crippen LogP contribution < -0.4 is 5.73 Å². The molecule has 1 aliphatic rings. The summed E-state index contributed by atoms with van der Waals surface area (Å²) in [5.74, 6) is -0.240. The Hall–Kier alpha value is -3.45. The van der Waals surface area contributed by atoms with Gasteiger partial charge < -0.3 is 15.2 Å². The van der Waals surface area contributed by atoms with Gasteiger partial charge in [0, 0.05) is 12.3 Å². The van der Waals surface area contributed by atoms with E-state index < -0.39 is 5.97 Å². The molecule has 1 saturated heterocycles. The maximum Gasteiger partial charge on any atom is 0.344 e. The SMILES string of the molecule is Cc1ccc(-n2c(N)c(C(=O)OCC3CCCO3)c3nc4ccccc4nc32)cc1C. The van der Waals surface area contributed by atoms with Crippen LogP contribution in [-0.2, 0) is 9.47 Å². The fourth-order valence-corrected chi connectivity index (χ4v) is 4.01. The summed E-state index contributed by atoms with van der Waals surface area (Å²) < 4.78 is 12.9. The number of nitrogen functional groups attached to an aromatic ring is 1. The number of nitrogens with zero attached hydrogens (tertiary/aromatic N) is 3. The number of ether oxygens (including phenoxy) is 2. The van der Waals surface area contributed by atoms with Gasteiger partial charge in [0.05, 0.1) is 17.1 Å². The molecule has 2 aromatic carbocycles. The number of esters is 1. The van der Waals surface area contributed by atoms with Crippen LogP contribution in [0.4, 0.5) is 5.82 Å². The average Bonchev–Trinajstić information content (AvgIpc) is 3.38. The van der Waals surface area contributed by atoms with Crippen LogP contribution in [0.2, 0.25) is 0 Å². The number of fused-ring (bicyclic) bond motifs is 2. The normalized spacial score (nSPS) is 16.3. The lowest BCUT2D eigenvalue weighted by atomic mass is 10.1. The predicted molar refractivity (Wildman–Crippen MR) is 120 cm³/mol. The lowest BCUT2D eigenvalue weighted by Crippen LogP contribution is -2.18. The van der Waals surface area contributed by atoms with Gasteiger partial charge in [-0.3, -0.25) is 4.57 Å². The second-order valence-electron chi connectivity index (χ2n) is 7.98. The third-order valence-electron chi connectivity index (χ3n) is 5.87. The van der Waals surface area contributed by atoms with E-state index in [-0.39, 0.29) is 24.1 Å². The molecule has 3 heterocycles. The van der Waals surface area contributed by atoms with Crippen LogP contribution in [0.3, 0.4) is 0 Å². The number of aromatic nitrogens is 3. The standard InChI is InChI=1S/C24H24N4O3/c1-14-9-10-16(12-15(14)2)28-22(25)20(24(29)31-13-17-6-5-11-30-17)21-23(28)27-19-8-4-3-7-18(19)26-21/h3-4,7-10,12,17H,5-6,11,13,25H2,1-2H3. The summed E-state index contributed by atoms with van der Waals surface area (Å²) in [7, 11) is 0. The molecule has 0 amide bonds. The van der Waals surface area contributed by atoms with Crippen molar-refractivity contribution in [3.05, 3.63) is 59.2 Å². The van der Waals surface area contributed by atoms with Crippen molar-refractivity contribution >= 4 is 34.0 Å². The minimum Gasteiger partial charge on any atom is -0.459 e. The Morgan fingerprint density at radius 1 is 1.16 bits per heavy atom. The van der Waals surface area contributed by atoms with Crippen molar-refractivity contribution in [2.24, 2.45) is 0 Å². The predicted octanol–water partition coefficient (Wildman–Crippen LogP) is 4.11. The molecule has 0 radical (unpaired) electrons. The lowest BCUT2D eigenvalue weighted by Gasteiger charge is -2.11. The fraction of sp³-hybridized carbons (Fsp3) is 0.292. The Morgan fingerprint density at radius 3 is 2.65 bits per heavy atom. The number of aryl methyl sites for hydroxylation is 2. The first kappa shape index (κ1) is 19.5. The number of nitrogens with two attached hydrogens (primary N) is 1. The summed E-state index contributed by atoms with van der Waals surface area (Å²) >= 11 is 0. The van der Waals surface area contributed by atoms with Gasteiger partial charge in [-0.1, -0.05) is 18.2 Å². The van der Waals surface area contributed by atoms with E-state index in [4.69, 9.17) is 25.2 Å². The van der Waals surface area contributed by atoms with Gasteiger partial charge in [0.15, 0.2) is 5.65 Å². The van der Waals surface area contributed by atoms with E-state index >= 15 is 0 Å². The molecule has 7 heteroatoms. The number of para-hydroxylation sites is 2. The quantitative estimate of drug-likeness (QED) is 0.504. The van der Waals surface area contributed by atoms with E-state index in [1.54, 1.807) is 4.57 Å². The molecule has 4 aromatic rings. The first-order chi connectivity index (χ1) is 15.0. The molecule has 0 bridgehead atoms. The highest BCUT2D eigenvalue weighted by atomic mass is 16.6. The molecule has 1 unspecified atom stereocenters. The zero-order valence-corrected chi connectivity index (χ0v) is 17.6. The van der Waals surface area contributed by atoms with Crippen molar-refractivity contribution in [3.63, 3.8) is 0 Å². The third-order valence-corrected chi connectivity index (χ3v) is 5.87. The molecule has 1 aliphatic heterocycles. The molecular formula is C24H24N4O3. The topological polar surface area (TPSA) is 92.3 Å². The Balaban J connectivity index is 1.68. The Labute approximate surface area is 179 Å². The van der Waals surface area contributed by atoms with Gasteiger partial charge in [-0.15, -0.1) is 0 Å². The molecule has 7 nitrogen and oxygen atoms in total. The summed E-state index contributed by atoms with van der Waals surface area (Å²) in [4.78, 5) is 22.6. The number of carbonyl (C=O) groups is 1. The van der Waals surface area contributed by atoms with Crippen molar-refractivity contribution < 1.29 is 14.3 Å². The molecule has 1 fully saturated rings. The summed E-state index contributed by atoms with van der Waals surface area (Å²) in [6.45, 7) is 5.00. The molecule has 31 heavy (non-hydrogen) atoms. The van der Waals surface area contributed by atoms with Crippen LogP contribution >= 0.6 is 0 Å². The molecule has 0 saturated carbocycles. The molecule has 1 atom stereocenters. The van der Waals surface area contributed by atoms with Crippen molar-refractivity contribution in [3.8, 4) is 5.69 Å². The van der Waals surface area contributed by atoms with E-state index in [9.17, 15) is 4.79 Å². The van der Waals surface area contributed by atoms with E-state index in [2.05, 4.69) is 6.92 Å². The highest BCUT2D eigenvalue weighted by Gasteiger charge is 2.27. The van der Waals surface area contributed by atoms with Crippen molar-refractivity contribution in [2.75, 3.05) is 18.9 Å². The molecule has 5 rings (SSSR count). The van der Waals surface area contributed by atoms with Gasteiger partial charge in [-0.05, 0) is 62.1 Å². The number of rotatable bonds is 4. The first-order valence-corrected chi connectivity index (χ1v) is 10.5. The zero-order chi connectivity index (χ0) is 21.5. The highest BCUT2D eigenvalue weighted by molar-refractivity contribution is 6.09. The maximum atomic E-state index is 13.1. The largest absolute Gasteiger partial charge is 0.459 e. The van der Waals surface area contributed by atoms with Crippen LogP contribution in [0.1, 0.15) is 34.3 Å². The molecule has 158 valence electrons. The molecule has 0 aliphatic carbocycles. The molecule has 2 aromatic heterocycles. The maximum absolute atomic E-state index is 13.1. The number of benzene rings is 2. The summed E-state index contributed by atoms with van der Waals surface area (Å²) in [6.07, 6.45) is 1.80. The third kappa shape index (κ3) is 3.41. The number of hydrogen-bond donors (Lipinski definition) is 1. The molecular weight excluding hydrogens is 392 g/mol. The van der Waals surface area contributed by atoms with Crippen molar-refractivity contribution in [2.45, 2.75) is 32.8 Å². The summed E-state index contributed by atoms with van der Waals surface area (Å²) in [5.41, 5.74) is 12.3. The van der Waals surface area contributed by atoms with E-state index in [1.807, 2.05) is 49.4 Å². The van der Waals surface area contributed by atoms with E-state index in [0.29, 0.717) is 23.3 Å². The van der Waals surface area contributed by atoms with Gasteiger partial charge in [0.2, 0.25) is 0 Å². The van der Waals surface area contributed by atoms with Gasteiger partial charge in [0.1, 0.15) is 23.5 Å². The second kappa shape index (κ2) is 7.67. The molecule has 0 spiro atoms. The first-order valence-electron chi connectivity index (χ1n) is 10.5. The second-order valence-corrected chi connectivity index (χ2v) is 7.98. The summed E-state index contributed by atoms with van der Waals surface area (Å²) in [5, 5.41) is 0. The summed E-state index contributed by atoms with van der Waals surface area (Å²) in [6, 6.07) is 13.6. The highest BCUT2D eigenvalue weighted by Crippen LogP contribution is 2.32. The monoisotopic (exact) mass is 416 g/mol. The van der Waals surface area contributed by atoms with E-state index in [1.165, 1.54) is 5.56 Å². The van der Waals surface area contributed by atoms with Crippen LogP contribution in [0, 0.1) is 13.8 Å². The van der Waals surface area contributed by atoms with Crippen LogP contribution in [0.5, 0.6) is 0 Å². The minimum absolute atomic E-state index is 0.0646. The van der Waals surface area contributed by atoms with Gasteiger partial charge in [-0.2, -0.15) is 0 Å². The van der Waals surface area contributed by atoms with Gasteiger partial charge in [-0.25, -0.2) is 14.8 Å². The van der Waals surface area contributed by atoms with Crippen LogP contribution in [0.15, 0.2) is 42.5 Å². The zero-order valence-electron chi connectivity index (χ0n) is 17.6. The average molecular weight is 416 g/mol. The van der Waals surface area contributed by atoms with Gasteiger partial charge >= 0.3 is 5.97 Å². The Morgan fingerprint density at radius 2 is 1.94 bits per heavy atom. The smallest absolute Gasteiger partial charge is 0.344 e. The lowest BCUT2D eigenvalue weighted by molar-refractivity contribution is 0.0163. The van der Waals surface area contributed by atoms with Gasteiger partial charge in [0.25, 0.3) is 0 Å². The Kier molecular flexibility index (Phi) is 4.82. The molecule has 2 N–H and O–H groups in total. The number of anilines is 1.